The van der Waals surface area contributed by atoms with Crippen LogP contribution in [0.3, 0.4) is 0 Å². The molecule has 72 valence electrons. The van der Waals surface area contributed by atoms with E-state index in [0.29, 0.717) is 0 Å². The van der Waals surface area contributed by atoms with Gasteiger partial charge in [-0.15, -0.1) is 0 Å². The van der Waals surface area contributed by atoms with Crippen molar-refractivity contribution in [2.75, 3.05) is 0 Å². The van der Waals surface area contributed by atoms with E-state index in [0.717, 1.165) is 0 Å². The minimum Gasteiger partial charge on any atom is 0 e. The maximum atomic E-state index is 8.82. The van der Waals surface area contributed by atoms with E-state index in [2.05, 4.69) is 0 Å². The van der Waals surface area contributed by atoms with Gasteiger partial charge in [0.1, 0.15) is 0 Å². The molecule has 0 saturated carbocycles. The second kappa shape index (κ2) is 17.6. The van der Waals surface area contributed by atoms with Crippen LogP contribution < -0.4 is 0 Å². The molecule has 0 aliphatic heterocycles. The van der Waals surface area contributed by atoms with E-state index in [-0.39, 0.29) is 142 Å². The van der Waals surface area contributed by atoms with E-state index in [1.54, 1.807) is 0 Å². The van der Waals surface area contributed by atoms with E-state index < -0.39 is 27.2 Å². The molecule has 14 heteroatoms. The van der Waals surface area contributed by atoms with Crippen LogP contribution in [0.5, 0.6) is 0 Å². The van der Waals surface area contributed by atoms with Crippen molar-refractivity contribution in [3.63, 3.8) is 0 Å². The van der Waals surface area contributed by atoms with Crippen LogP contribution in [0.1, 0.15) is 0 Å². The molecule has 4 N–H and O–H groups in total. The zero-order valence-electron chi connectivity index (χ0n) is 5.65. The molecule has 0 aromatic carbocycles. The molecule has 0 rings (SSSR count). The second-order valence-corrected chi connectivity index (χ2v) is 3.69. The summed E-state index contributed by atoms with van der Waals surface area (Å²) in [4.78, 5) is 0. The molecule has 0 fully saturated rings. The van der Waals surface area contributed by atoms with E-state index in [4.69, 9.17) is 31.8 Å². The summed E-state index contributed by atoms with van der Waals surface area (Å²) >= 11 is -10.5. The molecule has 14 heavy (non-hydrogen) atoms. The van der Waals surface area contributed by atoms with Crippen LogP contribution >= 0.6 is 0 Å². The summed E-state index contributed by atoms with van der Waals surface area (Å²) in [7, 11) is 0. The molecule has 0 aromatic rings. The van der Waals surface area contributed by atoms with E-state index in [1.807, 2.05) is 0 Å². The fraction of sp³-hybridized carbons (Fsp3) is 0. The van der Waals surface area contributed by atoms with Gasteiger partial charge < -0.3 is 0 Å². The molecular formula is H6Cr2K2O8Zn2. The number of rotatable bonds is 0. The first kappa shape index (κ1) is 36.3. The molecule has 0 amide bonds. The summed E-state index contributed by atoms with van der Waals surface area (Å²) in [5.74, 6) is 0. The molecule has 0 radical (unpaired) electrons. The zero-order chi connectivity index (χ0) is 9.00. The number of hydrogen-bond donors (Lipinski definition) is 4. The Balaban J connectivity index is -0.0000000178. The third kappa shape index (κ3) is 190. The molecule has 0 spiro atoms. The van der Waals surface area contributed by atoms with Gasteiger partial charge in [0, 0.05) is 39.0 Å². The van der Waals surface area contributed by atoms with Gasteiger partial charge in [-0.2, -0.15) is 0 Å². The van der Waals surface area contributed by atoms with Gasteiger partial charge in [-0.3, -0.25) is 0 Å². The van der Waals surface area contributed by atoms with Gasteiger partial charge in [-0.05, 0) is 0 Å². The molecule has 0 aliphatic rings. The summed E-state index contributed by atoms with van der Waals surface area (Å²) in [6.07, 6.45) is 0. The number of hydrogen-bond acceptors (Lipinski definition) is 4. The van der Waals surface area contributed by atoms with Crippen molar-refractivity contribution in [2.45, 2.75) is 0 Å². The largest absolute Gasteiger partial charge is 0 e. The van der Waals surface area contributed by atoms with Crippen molar-refractivity contribution >= 4 is 103 Å². The average Bonchev–Trinajstić information content (AvgIpc) is 1.12. The molecule has 8 nitrogen and oxygen atoms in total. The summed E-state index contributed by atoms with van der Waals surface area (Å²) in [6, 6.07) is 0. The van der Waals surface area contributed by atoms with Gasteiger partial charge in [0.2, 0.25) is 0 Å². The topological polar surface area (TPSA) is 149 Å². The summed E-state index contributed by atoms with van der Waals surface area (Å²) in [5.41, 5.74) is 0. The monoisotopic (exact) mass is 444 g/mol. The third-order valence-electron chi connectivity index (χ3n) is 0. The van der Waals surface area contributed by atoms with Crippen LogP contribution in [0.4, 0.5) is 0 Å². The van der Waals surface area contributed by atoms with Crippen molar-refractivity contribution < 1.29 is 98.0 Å². The average molecular weight is 447 g/mol. The third-order valence-corrected chi connectivity index (χ3v) is 0. The summed E-state index contributed by atoms with van der Waals surface area (Å²) < 4.78 is 63.8. The van der Waals surface area contributed by atoms with Gasteiger partial charge >= 0.3 is 162 Å². The van der Waals surface area contributed by atoms with Gasteiger partial charge in [-0.25, -0.2) is 0 Å². The Morgan fingerprint density at radius 3 is 0.571 bits per heavy atom. The Hall–Kier alpha value is 4.62. The van der Waals surface area contributed by atoms with Gasteiger partial charge in [0.05, 0.1) is 0 Å². The fourth-order valence-electron chi connectivity index (χ4n) is 0. The Kier molecular flexibility index (Phi) is 45.7. The van der Waals surface area contributed by atoms with Crippen molar-refractivity contribution in [3.8, 4) is 0 Å². The van der Waals surface area contributed by atoms with Gasteiger partial charge in [-0.1, -0.05) is 0 Å². The SMILES string of the molecule is [KH].[KH].[O]=[Cr](=[O])([OH])[OH].[O]=[Cr](=[O])([OH])[OH].[Zn].[Zn]. The van der Waals surface area contributed by atoms with Crippen molar-refractivity contribution in [3.05, 3.63) is 0 Å². The fourth-order valence-corrected chi connectivity index (χ4v) is 0. The maximum Gasteiger partial charge on any atom is 0 e. The Morgan fingerprint density at radius 1 is 0.571 bits per heavy atom. The second-order valence-electron chi connectivity index (χ2n) is 0.896. The van der Waals surface area contributed by atoms with Crippen LogP contribution in [0.2, 0.25) is 0 Å². The van der Waals surface area contributed by atoms with Crippen LogP contribution in [-0.2, 0) is 81.4 Å². The molecule has 0 unspecified atom stereocenters. The van der Waals surface area contributed by atoms with E-state index >= 15 is 0 Å². The first-order valence-electron chi connectivity index (χ1n) is 1.40. The van der Waals surface area contributed by atoms with Crippen LogP contribution in [0.25, 0.3) is 0 Å². The van der Waals surface area contributed by atoms with Gasteiger partial charge in [0.25, 0.3) is 0 Å². The zero-order valence-corrected chi connectivity index (χ0v) is 14.1. The quantitative estimate of drug-likeness (QED) is 0.275. The molecule has 0 atom stereocenters. The Bertz CT molecular complexity index is 220. The van der Waals surface area contributed by atoms with E-state index in [9.17, 15) is 0 Å². The standard InChI is InChI=1S/2Cr.2K.4H2O.4O.2Zn.2H/h;;;;4*1H2;;;;;;;;/q2*+2;;;;;;;;;;;;;;/p-4. The van der Waals surface area contributed by atoms with Gasteiger partial charge in [0.15, 0.2) is 0 Å². The van der Waals surface area contributed by atoms with Crippen molar-refractivity contribution in [1.29, 1.82) is 0 Å². The summed E-state index contributed by atoms with van der Waals surface area (Å²) in [5, 5.41) is 0. The molecule has 0 aromatic heterocycles. The predicted molar refractivity (Wildman–Crippen MR) is 25.9 cm³/mol. The van der Waals surface area contributed by atoms with Crippen molar-refractivity contribution in [2.24, 2.45) is 0 Å². The maximum absolute atomic E-state index is 8.82. The molecule has 0 bridgehead atoms. The summed E-state index contributed by atoms with van der Waals surface area (Å²) in [6.45, 7) is 0. The first-order valence-corrected chi connectivity index (χ1v) is 5.76. The molecule has 0 saturated heterocycles. The Morgan fingerprint density at radius 2 is 0.571 bits per heavy atom. The predicted octanol–water partition coefficient (Wildman–Crippen LogP) is -4.01. The van der Waals surface area contributed by atoms with E-state index in [1.165, 1.54) is 0 Å². The normalized spacial score (nSPS) is 8.29. The molecule has 0 heterocycles. The smallest absolute Gasteiger partial charge is 0 e. The first-order chi connectivity index (χ1) is 4.00. The van der Waals surface area contributed by atoms with Crippen LogP contribution in [-0.4, -0.2) is 119 Å². The minimum atomic E-state index is -5.25. The molecule has 0 aliphatic carbocycles. The van der Waals surface area contributed by atoms with Crippen LogP contribution in [0, 0.1) is 0 Å². The minimum absolute atomic E-state index is 0. The van der Waals surface area contributed by atoms with Crippen molar-refractivity contribution in [1.82, 2.24) is 0 Å². The molecular weight excluding hydrogens is 441 g/mol. The Labute approximate surface area is 195 Å². The van der Waals surface area contributed by atoms with Crippen LogP contribution in [0.15, 0.2) is 0 Å².